The number of sulfonamides is 1. The van der Waals surface area contributed by atoms with E-state index in [2.05, 4.69) is 10.3 Å². The second kappa shape index (κ2) is 8.56. The Morgan fingerprint density at radius 2 is 1.90 bits per heavy atom. The first-order valence-corrected chi connectivity index (χ1v) is 11.1. The normalized spacial score (nSPS) is 17.4. The van der Waals surface area contributed by atoms with Gasteiger partial charge in [0.25, 0.3) is 0 Å². The molecule has 4 rings (SSSR count). The average molecular weight is 446 g/mol. The summed E-state index contributed by atoms with van der Waals surface area (Å²) in [5, 5.41) is 2.67. The molecule has 0 radical (unpaired) electrons. The molecule has 0 bridgehead atoms. The molecule has 1 N–H and O–H groups in total. The van der Waals surface area contributed by atoms with Crippen LogP contribution in [-0.4, -0.2) is 41.3 Å². The molecule has 10 heteroatoms. The van der Waals surface area contributed by atoms with Crippen molar-refractivity contribution in [1.29, 1.82) is 0 Å². The molecule has 1 atom stereocenters. The second-order valence-corrected chi connectivity index (χ2v) is 9.22. The highest BCUT2D eigenvalue weighted by Gasteiger charge is 2.33. The van der Waals surface area contributed by atoms with Crippen molar-refractivity contribution in [3.63, 3.8) is 0 Å². The quantitative estimate of drug-likeness (QED) is 0.653. The molecule has 0 aliphatic carbocycles. The Labute approximate surface area is 178 Å². The fraction of sp³-hybridized carbons (Fsp3) is 0.238. The maximum Gasteiger partial charge on any atom is 0.243 e. The standard InChI is InChI=1S/C21H20F2N4O3S/c22-16-3-6-18(7-4-16)31(29,30)27-10-1-2-15(13-27)21(28)25-17-5-8-20(19(23)12-17)26-11-9-24-14-26/h3-9,11-12,14-15H,1-2,10,13H2,(H,25,28). The van der Waals surface area contributed by atoms with Crippen LogP contribution in [-0.2, 0) is 14.8 Å². The molecule has 2 heterocycles. The summed E-state index contributed by atoms with van der Waals surface area (Å²) in [5.74, 6) is -2.02. The zero-order valence-electron chi connectivity index (χ0n) is 16.4. The van der Waals surface area contributed by atoms with Gasteiger partial charge in [-0.1, -0.05) is 0 Å². The molecule has 1 fully saturated rings. The minimum Gasteiger partial charge on any atom is -0.326 e. The smallest absolute Gasteiger partial charge is 0.243 e. The van der Waals surface area contributed by atoms with Crippen LogP contribution in [0.4, 0.5) is 14.5 Å². The van der Waals surface area contributed by atoms with Gasteiger partial charge in [-0.2, -0.15) is 4.31 Å². The highest BCUT2D eigenvalue weighted by atomic mass is 32.2. The molecule has 162 valence electrons. The van der Waals surface area contributed by atoms with Crippen LogP contribution in [0.25, 0.3) is 5.69 Å². The first-order chi connectivity index (χ1) is 14.8. The number of hydrogen-bond acceptors (Lipinski definition) is 4. The van der Waals surface area contributed by atoms with Crippen molar-refractivity contribution in [2.45, 2.75) is 17.7 Å². The second-order valence-electron chi connectivity index (χ2n) is 7.28. The number of nitrogens with zero attached hydrogens (tertiary/aromatic N) is 3. The minimum absolute atomic E-state index is 0.00114. The zero-order chi connectivity index (χ0) is 22.0. The SMILES string of the molecule is O=C(Nc1ccc(-n2ccnc2)c(F)c1)C1CCCN(S(=O)(=O)c2ccc(F)cc2)C1. The van der Waals surface area contributed by atoms with Crippen molar-refractivity contribution in [3.8, 4) is 5.69 Å². The first kappa shape index (κ1) is 21.1. The Balaban J connectivity index is 1.45. The molecule has 1 aliphatic heterocycles. The minimum atomic E-state index is -3.84. The van der Waals surface area contributed by atoms with Gasteiger partial charge in [-0.05, 0) is 55.3 Å². The number of nitrogens with one attached hydrogen (secondary N) is 1. The maximum atomic E-state index is 14.4. The van der Waals surface area contributed by atoms with Crippen LogP contribution in [0.2, 0.25) is 0 Å². The fourth-order valence-corrected chi connectivity index (χ4v) is 5.09. The number of amides is 1. The molecule has 1 amide bonds. The summed E-state index contributed by atoms with van der Waals surface area (Å²) < 4.78 is 56.0. The summed E-state index contributed by atoms with van der Waals surface area (Å²) in [4.78, 5) is 16.6. The molecule has 1 aliphatic rings. The molecule has 1 unspecified atom stereocenters. The van der Waals surface area contributed by atoms with Gasteiger partial charge in [0.1, 0.15) is 11.6 Å². The number of piperidine rings is 1. The molecule has 1 saturated heterocycles. The molecular formula is C21H20F2N4O3S. The van der Waals surface area contributed by atoms with Crippen molar-refractivity contribution in [1.82, 2.24) is 13.9 Å². The van der Waals surface area contributed by atoms with Gasteiger partial charge in [-0.25, -0.2) is 22.2 Å². The maximum absolute atomic E-state index is 14.4. The van der Waals surface area contributed by atoms with Crippen molar-refractivity contribution in [3.05, 3.63) is 72.8 Å². The lowest BCUT2D eigenvalue weighted by Crippen LogP contribution is -2.43. The van der Waals surface area contributed by atoms with Crippen LogP contribution >= 0.6 is 0 Å². The van der Waals surface area contributed by atoms with Gasteiger partial charge in [0.15, 0.2) is 0 Å². The first-order valence-electron chi connectivity index (χ1n) is 9.69. The molecule has 7 nitrogen and oxygen atoms in total. The number of hydrogen-bond donors (Lipinski definition) is 1. The number of rotatable bonds is 5. The lowest BCUT2D eigenvalue weighted by atomic mass is 9.98. The number of halogens is 2. The van der Waals surface area contributed by atoms with Crippen molar-refractivity contribution in [2.24, 2.45) is 5.92 Å². The van der Waals surface area contributed by atoms with E-state index in [1.807, 2.05) is 0 Å². The molecule has 3 aromatic rings. The van der Waals surface area contributed by atoms with Crippen LogP contribution in [0.15, 0.2) is 66.1 Å². The fourth-order valence-electron chi connectivity index (χ4n) is 3.57. The largest absolute Gasteiger partial charge is 0.326 e. The van der Waals surface area contributed by atoms with E-state index in [1.165, 1.54) is 45.7 Å². The predicted molar refractivity (Wildman–Crippen MR) is 110 cm³/mol. The van der Waals surface area contributed by atoms with E-state index in [1.54, 1.807) is 12.3 Å². The van der Waals surface area contributed by atoms with Gasteiger partial charge >= 0.3 is 0 Å². The van der Waals surface area contributed by atoms with Gasteiger partial charge < -0.3 is 9.88 Å². The van der Waals surface area contributed by atoms with Crippen LogP contribution in [0.5, 0.6) is 0 Å². The highest BCUT2D eigenvalue weighted by Crippen LogP contribution is 2.25. The van der Waals surface area contributed by atoms with E-state index < -0.39 is 27.6 Å². The lowest BCUT2D eigenvalue weighted by Gasteiger charge is -2.31. The molecule has 2 aromatic carbocycles. The number of carbonyl (C=O) groups is 1. The van der Waals surface area contributed by atoms with E-state index in [0.29, 0.717) is 18.5 Å². The van der Waals surface area contributed by atoms with Crippen molar-refractivity contribution < 1.29 is 22.0 Å². The van der Waals surface area contributed by atoms with E-state index in [0.717, 1.165) is 12.1 Å². The average Bonchev–Trinajstić information content (AvgIpc) is 3.29. The lowest BCUT2D eigenvalue weighted by molar-refractivity contribution is -0.120. The predicted octanol–water partition coefficient (Wildman–Crippen LogP) is 3.19. The Hall–Kier alpha value is -3.11. The molecule has 1 aromatic heterocycles. The van der Waals surface area contributed by atoms with Crippen molar-refractivity contribution >= 4 is 21.6 Å². The van der Waals surface area contributed by atoms with Gasteiger partial charge in [0.05, 0.1) is 22.8 Å². The topological polar surface area (TPSA) is 84.3 Å². The van der Waals surface area contributed by atoms with E-state index in [9.17, 15) is 22.0 Å². The molecule has 0 spiro atoms. The highest BCUT2D eigenvalue weighted by molar-refractivity contribution is 7.89. The van der Waals surface area contributed by atoms with Gasteiger partial charge in [-0.3, -0.25) is 4.79 Å². The third kappa shape index (κ3) is 4.49. The summed E-state index contributed by atoms with van der Waals surface area (Å²) in [5.41, 5.74) is 0.578. The number of carbonyl (C=O) groups excluding carboxylic acids is 1. The van der Waals surface area contributed by atoms with Crippen LogP contribution in [0.3, 0.4) is 0 Å². The van der Waals surface area contributed by atoms with Crippen LogP contribution in [0, 0.1) is 17.6 Å². The summed E-state index contributed by atoms with van der Waals surface area (Å²) in [6.45, 7) is 0.277. The third-order valence-electron chi connectivity index (χ3n) is 5.20. The summed E-state index contributed by atoms with van der Waals surface area (Å²) in [7, 11) is -3.84. The number of benzene rings is 2. The van der Waals surface area contributed by atoms with Crippen molar-refractivity contribution in [2.75, 3.05) is 18.4 Å². The van der Waals surface area contributed by atoms with E-state index in [4.69, 9.17) is 0 Å². The molecule has 31 heavy (non-hydrogen) atoms. The Bertz CT molecular complexity index is 1180. The van der Waals surface area contributed by atoms with E-state index >= 15 is 0 Å². The Morgan fingerprint density at radius 1 is 1.13 bits per heavy atom. The Morgan fingerprint density at radius 3 is 2.58 bits per heavy atom. The summed E-state index contributed by atoms with van der Waals surface area (Å²) in [6.07, 6.45) is 5.62. The third-order valence-corrected chi connectivity index (χ3v) is 7.08. The van der Waals surface area contributed by atoms with Crippen LogP contribution in [0.1, 0.15) is 12.8 Å². The zero-order valence-corrected chi connectivity index (χ0v) is 17.2. The van der Waals surface area contributed by atoms with Gasteiger partial charge in [0, 0.05) is 31.2 Å². The van der Waals surface area contributed by atoms with E-state index in [-0.39, 0.29) is 29.6 Å². The van der Waals surface area contributed by atoms with Gasteiger partial charge in [0.2, 0.25) is 15.9 Å². The number of anilines is 1. The summed E-state index contributed by atoms with van der Waals surface area (Å²) in [6, 6.07) is 8.90. The number of aromatic nitrogens is 2. The Kier molecular flexibility index (Phi) is 5.84. The monoisotopic (exact) mass is 446 g/mol. The summed E-state index contributed by atoms with van der Waals surface area (Å²) >= 11 is 0. The van der Waals surface area contributed by atoms with Crippen LogP contribution < -0.4 is 5.32 Å². The molecular weight excluding hydrogens is 426 g/mol. The molecule has 0 saturated carbocycles. The van der Waals surface area contributed by atoms with Gasteiger partial charge in [-0.15, -0.1) is 0 Å². The number of imidazole rings is 1.